The highest BCUT2D eigenvalue weighted by Gasteiger charge is 2.48. The van der Waals surface area contributed by atoms with Crippen LogP contribution in [-0.4, -0.2) is 55.3 Å². The van der Waals surface area contributed by atoms with Crippen LogP contribution in [0.2, 0.25) is 0 Å². The van der Waals surface area contributed by atoms with Crippen molar-refractivity contribution in [1.82, 2.24) is 10.2 Å². The van der Waals surface area contributed by atoms with Gasteiger partial charge in [-0.1, -0.05) is 13.8 Å². The normalized spacial score (nSPS) is 28.3. The number of carbonyl (C=O) groups excluding carboxylic acids is 2. The summed E-state index contributed by atoms with van der Waals surface area (Å²) in [7, 11) is 0. The van der Waals surface area contributed by atoms with Gasteiger partial charge in [0, 0.05) is 0 Å². The highest BCUT2D eigenvalue weighted by atomic mass is 16.5. The van der Waals surface area contributed by atoms with Gasteiger partial charge in [-0.05, 0) is 25.7 Å². The van der Waals surface area contributed by atoms with Crippen molar-refractivity contribution in [3.63, 3.8) is 0 Å². The molecule has 0 radical (unpaired) electrons. The fourth-order valence-corrected chi connectivity index (χ4v) is 2.68. The third kappa shape index (κ3) is 3.30. The molecule has 6 nitrogen and oxygen atoms in total. The number of rotatable bonds is 5. The Morgan fingerprint density at radius 2 is 2.00 bits per heavy atom. The molecule has 0 saturated carbocycles. The summed E-state index contributed by atoms with van der Waals surface area (Å²) in [6, 6.07) is -0.250. The van der Waals surface area contributed by atoms with Crippen molar-refractivity contribution < 1.29 is 19.2 Å². The van der Waals surface area contributed by atoms with E-state index in [1.54, 1.807) is 0 Å². The Bertz CT molecular complexity index is 380. The molecule has 2 N–H and O–H groups in total. The van der Waals surface area contributed by atoms with E-state index in [2.05, 4.69) is 19.2 Å². The van der Waals surface area contributed by atoms with Gasteiger partial charge >= 0.3 is 6.03 Å². The highest BCUT2D eigenvalue weighted by Crippen LogP contribution is 2.23. The van der Waals surface area contributed by atoms with E-state index >= 15 is 0 Å². The summed E-state index contributed by atoms with van der Waals surface area (Å²) in [4.78, 5) is 27.2. The molecule has 0 aliphatic carbocycles. The maximum Gasteiger partial charge on any atom is 0.329 e. The van der Waals surface area contributed by atoms with Gasteiger partial charge in [-0.3, -0.25) is 4.79 Å². The van der Waals surface area contributed by atoms with E-state index in [4.69, 9.17) is 4.74 Å². The summed E-state index contributed by atoms with van der Waals surface area (Å²) in [5, 5.41) is 2.87. The molecular weight excluding hydrogens is 258 g/mol. The van der Waals surface area contributed by atoms with Crippen LogP contribution in [0.5, 0.6) is 0 Å². The molecule has 6 heteroatoms. The molecule has 0 aromatic carbocycles. The van der Waals surface area contributed by atoms with Crippen molar-refractivity contribution in [3.05, 3.63) is 0 Å². The van der Waals surface area contributed by atoms with Crippen LogP contribution in [0.1, 0.15) is 33.6 Å². The minimum absolute atomic E-state index is 0.0814. The molecule has 20 heavy (non-hydrogen) atoms. The van der Waals surface area contributed by atoms with Crippen molar-refractivity contribution in [2.45, 2.75) is 39.2 Å². The first kappa shape index (κ1) is 15.3. The third-order valence-electron chi connectivity index (χ3n) is 4.15. The van der Waals surface area contributed by atoms with Crippen molar-refractivity contribution in [2.24, 2.45) is 5.92 Å². The van der Waals surface area contributed by atoms with Crippen molar-refractivity contribution in [2.75, 3.05) is 33.0 Å². The number of nitrogens with one attached hydrogen (secondary N) is 2. The lowest BCUT2D eigenvalue weighted by molar-refractivity contribution is -0.915. The van der Waals surface area contributed by atoms with Crippen LogP contribution in [-0.2, 0) is 9.53 Å². The van der Waals surface area contributed by atoms with Crippen LogP contribution in [0.25, 0.3) is 0 Å². The van der Waals surface area contributed by atoms with E-state index in [1.807, 2.05) is 6.92 Å². The number of urea groups is 1. The van der Waals surface area contributed by atoms with Crippen LogP contribution < -0.4 is 10.2 Å². The zero-order chi connectivity index (χ0) is 14.8. The number of carbonyl (C=O) groups is 2. The van der Waals surface area contributed by atoms with Crippen LogP contribution in [0.3, 0.4) is 0 Å². The fourth-order valence-electron chi connectivity index (χ4n) is 2.68. The SMILES string of the molecule is CC(C)CC[C@]1(C)NC(=O)N(C[NH+]2CCOCC2)C1=O. The molecule has 0 spiro atoms. The lowest BCUT2D eigenvalue weighted by atomic mass is 9.92. The number of nitrogens with zero attached hydrogens (tertiary/aromatic N) is 1. The van der Waals surface area contributed by atoms with Gasteiger partial charge in [-0.2, -0.15) is 0 Å². The molecule has 0 unspecified atom stereocenters. The first-order valence-corrected chi connectivity index (χ1v) is 7.48. The zero-order valence-corrected chi connectivity index (χ0v) is 12.7. The molecule has 2 aliphatic heterocycles. The van der Waals surface area contributed by atoms with Gasteiger partial charge in [0.05, 0.1) is 13.2 Å². The lowest BCUT2D eigenvalue weighted by Crippen LogP contribution is -3.15. The van der Waals surface area contributed by atoms with Gasteiger partial charge in [-0.15, -0.1) is 0 Å². The first-order valence-electron chi connectivity index (χ1n) is 7.48. The van der Waals surface area contributed by atoms with E-state index in [-0.39, 0.29) is 11.9 Å². The maximum atomic E-state index is 12.5. The van der Waals surface area contributed by atoms with E-state index < -0.39 is 5.54 Å². The van der Waals surface area contributed by atoms with Crippen molar-refractivity contribution in [1.29, 1.82) is 0 Å². The van der Waals surface area contributed by atoms with E-state index in [9.17, 15) is 9.59 Å². The van der Waals surface area contributed by atoms with Crippen LogP contribution in [0, 0.1) is 5.92 Å². The summed E-state index contributed by atoms with van der Waals surface area (Å²) < 4.78 is 5.30. The Balaban J connectivity index is 1.96. The predicted molar refractivity (Wildman–Crippen MR) is 74.2 cm³/mol. The molecule has 2 aliphatic rings. The summed E-state index contributed by atoms with van der Waals surface area (Å²) in [5.41, 5.74) is -0.729. The van der Waals surface area contributed by atoms with E-state index in [0.717, 1.165) is 19.5 Å². The number of hydrogen-bond acceptors (Lipinski definition) is 3. The third-order valence-corrected chi connectivity index (χ3v) is 4.15. The monoisotopic (exact) mass is 284 g/mol. The van der Waals surface area contributed by atoms with Gasteiger partial charge in [0.15, 0.2) is 6.67 Å². The Morgan fingerprint density at radius 3 is 2.60 bits per heavy atom. The molecule has 1 atom stereocenters. The number of morpholine rings is 1. The van der Waals surface area contributed by atoms with Gasteiger partial charge in [-0.25, -0.2) is 9.69 Å². The minimum atomic E-state index is -0.729. The molecule has 114 valence electrons. The van der Waals surface area contributed by atoms with Crippen LogP contribution >= 0.6 is 0 Å². The second-order valence-electron chi connectivity index (χ2n) is 6.45. The molecule has 2 rings (SSSR count). The Labute approximate surface area is 120 Å². The summed E-state index contributed by atoms with van der Waals surface area (Å²) >= 11 is 0. The Kier molecular flexibility index (Phi) is 4.65. The van der Waals surface area contributed by atoms with Crippen LogP contribution in [0.15, 0.2) is 0 Å². The molecule has 0 aromatic rings. The zero-order valence-electron chi connectivity index (χ0n) is 12.7. The predicted octanol–water partition coefficient (Wildman–Crippen LogP) is -0.394. The molecule has 2 saturated heterocycles. The van der Waals surface area contributed by atoms with Gasteiger partial charge in [0.1, 0.15) is 18.6 Å². The van der Waals surface area contributed by atoms with E-state index in [1.165, 1.54) is 9.80 Å². The topological polar surface area (TPSA) is 63.1 Å². The highest BCUT2D eigenvalue weighted by molar-refractivity contribution is 6.06. The number of quaternary nitrogens is 1. The second kappa shape index (κ2) is 6.10. The number of ether oxygens (including phenoxy) is 1. The van der Waals surface area contributed by atoms with Gasteiger partial charge in [0.2, 0.25) is 0 Å². The fraction of sp³-hybridized carbons (Fsp3) is 0.857. The largest absolute Gasteiger partial charge is 0.370 e. The Morgan fingerprint density at radius 1 is 1.35 bits per heavy atom. The maximum absolute atomic E-state index is 12.5. The van der Waals surface area contributed by atoms with Crippen molar-refractivity contribution >= 4 is 11.9 Å². The first-order chi connectivity index (χ1) is 9.42. The quantitative estimate of drug-likeness (QED) is 0.676. The molecule has 0 aromatic heterocycles. The summed E-state index contributed by atoms with van der Waals surface area (Å²) in [6.45, 7) is 9.63. The molecular formula is C14H26N3O3+. The van der Waals surface area contributed by atoms with Crippen molar-refractivity contribution in [3.8, 4) is 0 Å². The minimum Gasteiger partial charge on any atom is -0.370 e. The number of hydrogen-bond donors (Lipinski definition) is 2. The molecule has 3 amide bonds. The average molecular weight is 284 g/mol. The second-order valence-corrected chi connectivity index (χ2v) is 6.45. The van der Waals surface area contributed by atoms with Crippen LogP contribution in [0.4, 0.5) is 4.79 Å². The Hall–Kier alpha value is -1.14. The van der Waals surface area contributed by atoms with E-state index in [0.29, 0.717) is 32.2 Å². The molecule has 2 fully saturated rings. The van der Waals surface area contributed by atoms with Gasteiger partial charge in [0.25, 0.3) is 5.91 Å². The number of imide groups is 1. The average Bonchev–Trinajstić information content (AvgIpc) is 2.62. The lowest BCUT2D eigenvalue weighted by Gasteiger charge is -2.27. The molecule has 2 heterocycles. The standard InChI is InChI=1S/C14H25N3O3/c1-11(2)4-5-14(3)12(18)17(13(19)15-14)10-16-6-8-20-9-7-16/h11H,4-10H2,1-3H3,(H,15,19)/p+1/t14-/m0/s1. The summed E-state index contributed by atoms with van der Waals surface area (Å²) in [5.74, 6) is 0.442. The smallest absolute Gasteiger partial charge is 0.329 e. The summed E-state index contributed by atoms with van der Waals surface area (Å²) in [6.07, 6.45) is 1.63. The number of amides is 3. The van der Waals surface area contributed by atoms with Gasteiger partial charge < -0.3 is 15.0 Å². The molecule has 0 bridgehead atoms.